The first-order chi connectivity index (χ1) is 14.0. The SMILES string of the molecule is O=S1(=O)C[C@@H]2[C@@H](C1)N=C(SCc1cccc3ccccc13)N2c1ccc(Cl)cc1. The van der Waals surface area contributed by atoms with Crippen LogP contribution in [0.25, 0.3) is 10.8 Å². The fraction of sp³-hybridized carbons (Fsp3) is 0.227. The van der Waals surface area contributed by atoms with Gasteiger partial charge in [0.05, 0.1) is 23.6 Å². The Hall–Kier alpha value is -2.02. The minimum absolute atomic E-state index is 0.125. The average Bonchev–Trinajstić information content (AvgIpc) is 3.18. The molecule has 0 spiro atoms. The first kappa shape index (κ1) is 19.0. The van der Waals surface area contributed by atoms with Crippen LogP contribution in [0, 0.1) is 0 Å². The highest BCUT2D eigenvalue weighted by Crippen LogP contribution is 2.36. The highest BCUT2D eigenvalue weighted by Gasteiger charge is 2.47. The topological polar surface area (TPSA) is 49.7 Å². The number of hydrogen-bond donors (Lipinski definition) is 0. The zero-order valence-corrected chi connectivity index (χ0v) is 17.9. The Morgan fingerprint density at radius 3 is 2.59 bits per heavy atom. The number of nitrogens with zero attached hydrogens (tertiary/aromatic N) is 2. The molecule has 3 aromatic rings. The Kier molecular flexibility index (Phi) is 4.81. The van der Waals surface area contributed by atoms with Gasteiger partial charge in [-0.2, -0.15) is 0 Å². The minimum Gasteiger partial charge on any atom is -0.315 e. The summed E-state index contributed by atoms with van der Waals surface area (Å²) in [5, 5.41) is 3.99. The molecule has 2 heterocycles. The molecular weight excluding hydrogens is 424 g/mol. The van der Waals surface area contributed by atoms with Crippen LogP contribution in [0.4, 0.5) is 5.69 Å². The lowest BCUT2D eigenvalue weighted by atomic mass is 10.1. The van der Waals surface area contributed by atoms with E-state index in [0.29, 0.717) is 5.02 Å². The largest absolute Gasteiger partial charge is 0.315 e. The van der Waals surface area contributed by atoms with Crippen molar-refractivity contribution < 1.29 is 8.42 Å². The van der Waals surface area contributed by atoms with Crippen molar-refractivity contribution in [1.82, 2.24) is 0 Å². The lowest BCUT2D eigenvalue weighted by Gasteiger charge is -2.26. The van der Waals surface area contributed by atoms with Crippen molar-refractivity contribution in [1.29, 1.82) is 0 Å². The Morgan fingerprint density at radius 1 is 1.00 bits per heavy atom. The monoisotopic (exact) mass is 442 g/mol. The molecule has 29 heavy (non-hydrogen) atoms. The molecule has 0 bridgehead atoms. The van der Waals surface area contributed by atoms with E-state index >= 15 is 0 Å². The molecule has 2 aliphatic heterocycles. The number of anilines is 1. The second-order valence-corrected chi connectivity index (χ2v) is 10.9. The number of rotatable bonds is 3. The smallest absolute Gasteiger partial charge is 0.164 e. The summed E-state index contributed by atoms with van der Waals surface area (Å²) in [4.78, 5) is 6.90. The molecule has 4 nitrogen and oxygen atoms in total. The third-order valence-electron chi connectivity index (χ3n) is 5.45. The van der Waals surface area contributed by atoms with Gasteiger partial charge in [-0.05, 0) is 40.6 Å². The number of sulfone groups is 1. The molecule has 0 N–H and O–H groups in total. The Bertz CT molecular complexity index is 1200. The van der Waals surface area contributed by atoms with Crippen molar-refractivity contribution in [3.8, 4) is 0 Å². The van der Waals surface area contributed by atoms with E-state index in [2.05, 4.69) is 41.3 Å². The Morgan fingerprint density at radius 2 is 1.76 bits per heavy atom. The third kappa shape index (κ3) is 3.65. The molecule has 0 amide bonds. The van der Waals surface area contributed by atoms with Crippen molar-refractivity contribution >= 4 is 54.8 Å². The minimum atomic E-state index is -3.06. The normalized spacial score (nSPS) is 22.7. The maximum atomic E-state index is 12.2. The number of halogens is 1. The second kappa shape index (κ2) is 7.35. The van der Waals surface area contributed by atoms with Crippen LogP contribution in [0.15, 0.2) is 71.7 Å². The highest BCUT2D eigenvalue weighted by molar-refractivity contribution is 8.13. The summed E-state index contributed by atoms with van der Waals surface area (Å²) in [6.07, 6.45) is 0. The Labute approximate surface area is 179 Å². The molecular formula is C22H19ClN2O2S2. The van der Waals surface area contributed by atoms with E-state index in [1.807, 2.05) is 30.3 Å². The quantitative estimate of drug-likeness (QED) is 0.586. The molecule has 148 valence electrons. The number of thioether (sulfide) groups is 1. The predicted octanol–water partition coefficient (Wildman–Crippen LogP) is 4.77. The number of hydrogen-bond acceptors (Lipinski definition) is 5. The van der Waals surface area contributed by atoms with E-state index in [4.69, 9.17) is 16.6 Å². The van der Waals surface area contributed by atoms with Gasteiger partial charge in [0.1, 0.15) is 0 Å². The number of fused-ring (bicyclic) bond motifs is 2. The van der Waals surface area contributed by atoms with Gasteiger partial charge in [0.2, 0.25) is 0 Å². The molecule has 2 atom stereocenters. The van der Waals surface area contributed by atoms with Crippen LogP contribution in [0.5, 0.6) is 0 Å². The predicted molar refractivity (Wildman–Crippen MR) is 123 cm³/mol. The van der Waals surface area contributed by atoms with Gasteiger partial charge < -0.3 is 4.90 Å². The average molecular weight is 443 g/mol. The van der Waals surface area contributed by atoms with E-state index in [1.165, 1.54) is 16.3 Å². The third-order valence-corrected chi connectivity index (χ3v) is 8.42. The molecule has 0 radical (unpaired) electrons. The zero-order valence-electron chi connectivity index (χ0n) is 15.5. The van der Waals surface area contributed by atoms with E-state index in [-0.39, 0.29) is 23.6 Å². The van der Waals surface area contributed by atoms with Crippen LogP contribution in [0.2, 0.25) is 5.02 Å². The first-order valence-electron chi connectivity index (χ1n) is 9.43. The standard InChI is InChI=1S/C22H19ClN2O2S2/c23-17-8-10-18(11-9-17)25-21-14-29(26,27)13-20(21)24-22(25)28-12-16-6-3-5-15-4-1-2-7-19(15)16/h1-11,20-21H,12-14H2/t20-,21-/m1/s1. The van der Waals surface area contributed by atoms with Crippen molar-refractivity contribution in [2.24, 2.45) is 4.99 Å². The van der Waals surface area contributed by atoms with E-state index in [1.54, 1.807) is 11.8 Å². The molecule has 0 aromatic heterocycles. The summed E-state index contributed by atoms with van der Waals surface area (Å²) < 4.78 is 24.4. The fourth-order valence-corrected chi connectivity index (χ4v) is 7.19. The van der Waals surface area contributed by atoms with E-state index in [0.717, 1.165) is 16.6 Å². The molecule has 1 fully saturated rings. The number of aliphatic imine (C=N–C) groups is 1. The van der Waals surface area contributed by atoms with Crippen LogP contribution in [-0.2, 0) is 15.6 Å². The van der Waals surface area contributed by atoms with Crippen LogP contribution >= 0.6 is 23.4 Å². The van der Waals surface area contributed by atoms with Gasteiger partial charge in [0.15, 0.2) is 15.0 Å². The van der Waals surface area contributed by atoms with Gasteiger partial charge in [-0.3, -0.25) is 4.99 Å². The first-order valence-corrected chi connectivity index (χ1v) is 12.6. The maximum absolute atomic E-state index is 12.2. The second-order valence-electron chi connectivity index (χ2n) is 7.40. The van der Waals surface area contributed by atoms with Crippen LogP contribution < -0.4 is 4.90 Å². The van der Waals surface area contributed by atoms with E-state index < -0.39 is 9.84 Å². The van der Waals surface area contributed by atoms with Crippen molar-refractivity contribution in [3.63, 3.8) is 0 Å². The van der Waals surface area contributed by atoms with Crippen molar-refractivity contribution in [3.05, 3.63) is 77.3 Å². The zero-order chi connectivity index (χ0) is 20.0. The lowest BCUT2D eigenvalue weighted by molar-refractivity contribution is 0.601. The van der Waals surface area contributed by atoms with Gasteiger partial charge >= 0.3 is 0 Å². The highest BCUT2D eigenvalue weighted by atomic mass is 35.5. The molecule has 5 rings (SSSR count). The number of amidine groups is 1. The summed E-state index contributed by atoms with van der Waals surface area (Å²) in [5.41, 5.74) is 2.18. The molecule has 0 aliphatic carbocycles. The van der Waals surface area contributed by atoms with Crippen LogP contribution in [0.3, 0.4) is 0 Å². The molecule has 0 saturated carbocycles. The molecule has 3 aromatic carbocycles. The van der Waals surface area contributed by atoms with Crippen LogP contribution in [0.1, 0.15) is 5.56 Å². The van der Waals surface area contributed by atoms with Crippen LogP contribution in [-0.4, -0.2) is 37.2 Å². The maximum Gasteiger partial charge on any atom is 0.164 e. The van der Waals surface area contributed by atoms with Crippen molar-refractivity contribution in [2.75, 3.05) is 16.4 Å². The van der Waals surface area contributed by atoms with Gasteiger partial charge in [0.25, 0.3) is 0 Å². The Balaban J connectivity index is 1.46. The summed E-state index contributed by atoms with van der Waals surface area (Å²) in [6, 6.07) is 21.9. The van der Waals surface area contributed by atoms with E-state index in [9.17, 15) is 8.42 Å². The molecule has 1 saturated heterocycles. The molecule has 2 aliphatic rings. The lowest BCUT2D eigenvalue weighted by Crippen LogP contribution is -2.39. The molecule has 0 unspecified atom stereocenters. The summed E-state index contributed by atoms with van der Waals surface area (Å²) >= 11 is 7.72. The number of benzene rings is 3. The fourth-order valence-electron chi connectivity index (χ4n) is 4.10. The van der Waals surface area contributed by atoms with Gasteiger partial charge in [0, 0.05) is 16.5 Å². The summed E-state index contributed by atoms with van der Waals surface area (Å²) in [7, 11) is -3.06. The van der Waals surface area contributed by atoms with Gasteiger partial charge in [-0.25, -0.2) is 8.42 Å². The summed E-state index contributed by atoms with van der Waals surface area (Å²) in [5.74, 6) is 1.04. The van der Waals surface area contributed by atoms with Gasteiger partial charge in [-0.15, -0.1) is 0 Å². The van der Waals surface area contributed by atoms with Gasteiger partial charge in [-0.1, -0.05) is 65.8 Å². The summed E-state index contributed by atoms with van der Waals surface area (Å²) in [6.45, 7) is 0. The molecule has 7 heteroatoms. The van der Waals surface area contributed by atoms with Crippen molar-refractivity contribution in [2.45, 2.75) is 17.8 Å².